The van der Waals surface area contributed by atoms with Gasteiger partial charge in [0.05, 0.1) is 11.2 Å². The molecule has 0 spiro atoms. The molecule has 0 atom stereocenters. The van der Waals surface area contributed by atoms with Gasteiger partial charge in [-0.15, -0.1) is 0 Å². The number of hydrogen-bond acceptors (Lipinski definition) is 6. The fraction of sp³-hybridized carbons (Fsp3) is 0.600. The van der Waals surface area contributed by atoms with Crippen molar-refractivity contribution in [3.05, 3.63) is 30.0 Å². The highest BCUT2D eigenvalue weighted by Gasteiger charge is 2.26. The number of piperidine rings is 1. The molecule has 0 bridgehead atoms. The number of carbonyl (C=O) groups is 2. The van der Waals surface area contributed by atoms with Gasteiger partial charge >= 0.3 is 6.09 Å². The van der Waals surface area contributed by atoms with Crippen molar-refractivity contribution in [1.82, 2.24) is 20.2 Å². The van der Waals surface area contributed by atoms with Crippen LogP contribution in [0.2, 0.25) is 0 Å². The number of rotatable bonds is 8. The van der Waals surface area contributed by atoms with E-state index in [9.17, 15) is 9.59 Å². The normalized spacial score (nSPS) is 14.9. The highest BCUT2D eigenvalue weighted by molar-refractivity contribution is 5.82. The predicted octanol–water partition coefficient (Wildman–Crippen LogP) is 4.39. The topological polar surface area (TPSA) is 110 Å². The lowest BCUT2D eigenvalue weighted by atomic mass is 9.90. The van der Waals surface area contributed by atoms with Crippen LogP contribution < -0.4 is 11.1 Å². The molecule has 33 heavy (non-hydrogen) atoms. The molecule has 0 unspecified atom stereocenters. The lowest BCUT2D eigenvalue weighted by molar-refractivity contribution is -0.132. The van der Waals surface area contributed by atoms with Crippen LogP contribution in [0.25, 0.3) is 10.9 Å². The number of fused-ring (bicyclic) bond motifs is 1. The van der Waals surface area contributed by atoms with E-state index in [0.29, 0.717) is 24.8 Å². The number of nitrogens with two attached hydrogens (primary N) is 1. The Morgan fingerprint density at radius 2 is 1.79 bits per heavy atom. The predicted molar refractivity (Wildman–Crippen MR) is 130 cm³/mol. The maximum absolute atomic E-state index is 12.6. The lowest BCUT2D eigenvalue weighted by Gasteiger charge is -2.32. The first-order valence-corrected chi connectivity index (χ1v) is 12.0. The van der Waals surface area contributed by atoms with Gasteiger partial charge < -0.3 is 20.7 Å². The van der Waals surface area contributed by atoms with Gasteiger partial charge in [-0.1, -0.05) is 31.0 Å². The third-order valence-corrected chi connectivity index (χ3v) is 5.87. The third kappa shape index (κ3) is 7.58. The average molecular weight is 456 g/mol. The molecule has 2 heterocycles. The molecule has 2 amide bonds. The molecule has 8 nitrogen and oxygen atoms in total. The second-order valence-electron chi connectivity index (χ2n) is 9.73. The molecule has 1 aliphatic heterocycles. The van der Waals surface area contributed by atoms with Crippen molar-refractivity contribution in [2.75, 3.05) is 25.4 Å². The molecule has 1 fully saturated rings. The zero-order valence-electron chi connectivity index (χ0n) is 20.1. The van der Waals surface area contributed by atoms with Crippen molar-refractivity contribution < 1.29 is 14.3 Å². The second-order valence-corrected chi connectivity index (χ2v) is 9.73. The minimum absolute atomic E-state index is 0.229. The average Bonchev–Trinajstić information content (AvgIpc) is 2.76. The summed E-state index contributed by atoms with van der Waals surface area (Å²) >= 11 is 0. The van der Waals surface area contributed by atoms with Crippen LogP contribution in [0, 0.1) is 0 Å². The van der Waals surface area contributed by atoms with Crippen molar-refractivity contribution in [3.63, 3.8) is 0 Å². The molecule has 0 saturated carbocycles. The van der Waals surface area contributed by atoms with Crippen molar-refractivity contribution in [3.8, 4) is 0 Å². The zero-order valence-corrected chi connectivity index (χ0v) is 20.1. The number of unbranched alkanes of at least 4 members (excludes halogenated alkanes) is 3. The van der Waals surface area contributed by atoms with E-state index in [2.05, 4.69) is 15.3 Å². The summed E-state index contributed by atoms with van der Waals surface area (Å²) in [7, 11) is 0. The second kappa shape index (κ2) is 11.3. The van der Waals surface area contributed by atoms with Gasteiger partial charge in [-0.2, -0.15) is 0 Å². The first-order valence-electron chi connectivity index (χ1n) is 12.0. The Bertz CT molecular complexity index is 949. The number of anilines is 1. The molecule has 180 valence electrons. The Hall–Kier alpha value is -2.90. The molecule has 0 aliphatic carbocycles. The van der Waals surface area contributed by atoms with Crippen LogP contribution >= 0.6 is 0 Å². The number of hydrogen-bond donors (Lipinski definition) is 2. The minimum Gasteiger partial charge on any atom is -0.444 e. The van der Waals surface area contributed by atoms with Crippen molar-refractivity contribution in [1.29, 1.82) is 0 Å². The summed E-state index contributed by atoms with van der Waals surface area (Å²) in [5.41, 5.74) is 7.33. The van der Waals surface area contributed by atoms with E-state index in [1.165, 1.54) is 0 Å². The Labute approximate surface area is 196 Å². The largest absolute Gasteiger partial charge is 0.444 e. The molecule has 3 N–H and O–H groups in total. The van der Waals surface area contributed by atoms with Gasteiger partial charge in [0.15, 0.2) is 0 Å². The zero-order chi connectivity index (χ0) is 23.8. The van der Waals surface area contributed by atoms with E-state index in [1.807, 2.05) is 49.9 Å². The molecule has 8 heteroatoms. The van der Waals surface area contributed by atoms with E-state index < -0.39 is 5.60 Å². The number of carbonyl (C=O) groups excluding carboxylic acids is 2. The summed E-state index contributed by atoms with van der Waals surface area (Å²) in [6.45, 7) is 7.64. The summed E-state index contributed by atoms with van der Waals surface area (Å²) in [4.78, 5) is 35.1. The number of alkyl carbamates (subject to hydrolysis) is 1. The van der Waals surface area contributed by atoms with Crippen LogP contribution in [0.3, 0.4) is 0 Å². The summed E-state index contributed by atoms with van der Waals surface area (Å²) in [5.74, 6) is 0.831. The van der Waals surface area contributed by atoms with E-state index in [4.69, 9.17) is 10.5 Å². The quantitative estimate of drug-likeness (QED) is 0.571. The number of nitrogens with zero attached hydrogens (tertiary/aromatic N) is 3. The number of amides is 2. The van der Waals surface area contributed by atoms with Crippen molar-refractivity contribution in [2.45, 2.75) is 77.2 Å². The SMILES string of the molecule is CC(C)(C)OC(=O)NCCCCCCC(=O)N1CCC(c2nc(N)nc3ccccc23)CC1. The number of ether oxygens (including phenoxy) is 1. The molecule has 1 aromatic carbocycles. The molecule has 1 saturated heterocycles. The highest BCUT2D eigenvalue weighted by Crippen LogP contribution is 2.32. The standard InChI is InChI=1S/C25H37N5O3/c1-25(2,3)33-24(32)27-15-9-5-4-6-12-21(31)30-16-13-18(14-17-30)22-19-10-7-8-11-20(19)28-23(26)29-22/h7-8,10-11,18H,4-6,9,12-17H2,1-3H3,(H,27,32)(H2,26,28,29). The van der Waals surface area contributed by atoms with Crippen LogP contribution in [0.4, 0.5) is 10.7 Å². The van der Waals surface area contributed by atoms with Gasteiger partial charge in [0, 0.05) is 37.4 Å². The van der Waals surface area contributed by atoms with Gasteiger partial charge in [0.1, 0.15) is 5.60 Å². The number of nitrogens with one attached hydrogen (secondary N) is 1. The van der Waals surface area contributed by atoms with Gasteiger partial charge in [-0.05, 0) is 52.5 Å². The Morgan fingerprint density at radius 1 is 1.09 bits per heavy atom. The maximum atomic E-state index is 12.6. The van der Waals surface area contributed by atoms with Crippen LogP contribution in [-0.4, -0.2) is 52.1 Å². The fourth-order valence-corrected chi connectivity index (χ4v) is 4.25. The molecule has 1 aromatic heterocycles. The molecule has 1 aliphatic rings. The molecule has 3 rings (SSSR count). The fourth-order valence-electron chi connectivity index (χ4n) is 4.25. The molecular formula is C25H37N5O3. The smallest absolute Gasteiger partial charge is 0.407 e. The maximum Gasteiger partial charge on any atom is 0.407 e. The van der Waals surface area contributed by atoms with E-state index in [-0.39, 0.29) is 12.0 Å². The van der Waals surface area contributed by atoms with Gasteiger partial charge in [0.25, 0.3) is 0 Å². The number of para-hydroxylation sites is 1. The summed E-state index contributed by atoms with van der Waals surface area (Å²) < 4.78 is 5.21. The molecule has 2 aromatic rings. The number of aromatic nitrogens is 2. The minimum atomic E-state index is -0.477. The van der Waals surface area contributed by atoms with Crippen molar-refractivity contribution >= 4 is 28.9 Å². The molecular weight excluding hydrogens is 418 g/mol. The Kier molecular flexibility index (Phi) is 8.47. The van der Waals surface area contributed by atoms with Crippen LogP contribution in [0.15, 0.2) is 24.3 Å². The van der Waals surface area contributed by atoms with Crippen LogP contribution in [0.1, 0.15) is 77.3 Å². The highest BCUT2D eigenvalue weighted by atomic mass is 16.6. The first-order chi connectivity index (χ1) is 15.7. The van der Waals surface area contributed by atoms with Crippen molar-refractivity contribution in [2.24, 2.45) is 0 Å². The van der Waals surface area contributed by atoms with Crippen LogP contribution in [-0.2, 0) is 9.53 Å². The first kappa shape index (κ1) is 24.7. The van der Waals surface area contributed by atoms with E-state index in [1.54, 1.807) is 0 Å². The molecule has 0 radical (unpaired) electrons. The number of likely N-dealkylation sites (tertiary alicyclic amines) is 1. The number of benzene rings is 1. The summed E-state index contributed by atoms with van der Waals surface area (Å²) in [5, 5.41) is 3.82. The van der Waals surface area contributed by atoms with E-state index >= 15 is 0 Å². The number of nitrogen functional groups attached to an aromatic ring is 1. The van der Waals surface area contributed by atoms with Gasteiger partial charge in [0.2, 0.25) is 11.9 Å². The monoisotopic (exact) mass is 455 g/mol. The van der Waals surface area contributed by atoms with E-state index in [0.717, 1.165) is 68.2 Å². The lowest BCUT2D eigenvalue weighted by Crippen LogP contribution is -2.38. The van der Waals surface area contributed by atoms with Gasteiger partial charge in [-0.3, -0.25) is 4.79 Å². The third-order valence-electron chi connectivity index (χ3n) is 5.87. The Balaban J connectivity index is 1.34. The Morgan fingerprint density at radius 3 is 2.52 bits per heavy atom. The van der Waals surface area contributed by atoms with Gasteiger partial charge in [-0.25, -0.2) is 14.8 Å². The summed E-state index contributed by atoms with van der Waals surface area (Å²) in [6, 6.07) is 7.96. The summed E-state index contributed by atoms with van der Waals surface area (Å²) in [6.07, 6.45) is 5.70. The van der Waals surface area contributed by atoms with Crippen LogP contribution in [0.5, 0.6) is 0 Å².